The van der Waals surface area contributed by atoms with E-state index in [0.29, 0.717) is 11.4 Å². The Morgan fingerprint density at radius 1 is 1.24 bits per heavy atom. The Morgan fingerprint density at radius 2 is 2.00 bits per heavy atom. The number of hydrogen-bond donors (Lipinski definition) is 1. The van der Waals surface area contributed by atoms with Crippen LogP contribution in [0.1, 0.15) is 16.3 Å². The lowest BCUT2D eigenvalue weighted by atomic mass is 10.3. The SMILES string of the molecule is O=C(O)c1nccc(COc2ccccc2)n1. The van der Waals surface area contributed by atoms with Crippen molar-refractivity contribution in [2.24, 2.45) is 0 Å². The van der Waals surface area contributed by atoms with E-state index in [-0.39, 0.29) is 12.4 Å². The summed E-state index contributed by atoms with van der Waals surface area (Å²) >= 11 is 0. The first-order chi connectivity index (χ1) is 8.25. The number of nitrogens with zero attached hydrogens (tertiary/aromatic N) is 2. The first-order valence-electron chi connectivity index (χ1n) is 4.99. The molecule has 1 aromatic carbocycles. The molecule has 0 atom stereocenters. The molecule has 0 unspecified atom stereocenters. The van der Waals surface area contributed by atoms with Crippen molar-refractivity contribution in [3.05, 3.63) is 54.1 Å². The third-order valence-corrected chi connectivity index (χ3v) is 2.03. The first kappa shape index (κ1) is 11.1. The standard InChI is InChI=1S/C12H10N2O3/c15-12(16)11-13-7-6-9(14-11)8-17-10-4-2-1-3-5-10/h1-7H,8H2,(H,15,16). The van der Waals surface area contributed by atoms with Gasteiger partial charge in [0.2, 0.25) is 5.82 Å². The molecule has 0 aliphatic rings. The van der Waals surface area contributed by atoms with Crippen LogP contribution in [0.15, 0.2) is 42.6 Å². The zero-order valence-corrected chi connectivity index (χ0v) is 8.91. The number of carboxylic acid groups (broad SMARTS) is 1. The Labute approximate surface area is 97.7 Å². The van der Waals surface area contributed by atoms with E-state index < -0.39 is 5.97 Å². The van der Waals surface area contributed by atoms with Gasteiger partial charge >= 0.3 is 5.97 Å². The molecular formula is C12H10N2O3. The minimum Gasteiger partial charge on any atom is -0.487 e. The van der Waals surface area contributed by atoms with Gasteiger partial charge in [0.1, 0.15) is 12.4 Å². The van der Waals surface area contributed by atoms with Crippen molar-refractivity contribution >= 4 is 5.97 Å². The number of carbonyl (C=O) groups is 1. The molecule has 0 bridgehead atoms. The third-order valence-electron chi connectivity index (χ3n) is 2.03. The maximum Gasteiger partial charge on any atom is 0.373 e. The fourth-order valence-corrected chi connectivity index (χ4v) is 1.25. The van der Waals surface area contributed by atoms with Crippen molar-refractivity contribution in [2.45, 2.75) is 6.61 Å². The predicted molar refractivity (Wildman–Crippen MR) is 59.8 cm³/mol. The van der Waals surface area contributed by atoms with Crippen LogP contribution in [0.4, 0.5) is 0 Å². The molecule has 5 nitrogen and oxygen atoms in total. The highest BCUT2D eigenvalue weighted by Gasteiger charge is 2.07. The third kappa shape index (κ3) is 3.01. The van der Waals surface area contributed by atoms with Gasteiger partial charge in [0.15, 0.2) is 0 Å². The van der Waals surface area contributed by atoms with Gasteiger partial charge in [-0.15, -0.1) is 0 Å². The number of aromatic nitrogens is 2. The molecule has 0 saturated carbocycles. The zero-order chi connectivity index (χ0) is 12.1. The average Bonchev–Trinajstić information content (AvgIpc) is 2.38. The second-order valence-electron chi connectivity index (χ2n) is 3.28. The lowest BCUT2D eigenvalue weighted by molar-refractivity contribution is 0.0682. The van der Waals surface area contributed by atoms with Crippen LogP contribution in [0.25, 0.3) is 0 Å². The van der Waals surface area contributed by atoms with Crippen LogP contribution in [0.3, 0.4) is 0 Å². The maximum absolute atomic E-state index is 10.7. The summed E-state index contributed by atoms with van der Waals surface area (Å²) in [6, 6.07) is 10.9. The zero-order valence-electron chi connectivity index (χ0n) is 8.91. The second-order valence-corrected chi connectivity index (χ2v) is 3.28. The Kier molecular flexibility index (Phi) is 3.30. The van der Waals surface area contributed by atoms with Gasteiger partial charge in [0, 0.05) is 6.20 Å². The average molecular weight is 230 g/mol. The highest BCUT2D eigenvalue weighted by atomic mass is 16.5. The molecular weight excluding hydrogens is 220 g/mol. The molecule has 0 radical (unpaired) electrons. The lowest BCUT2D eigenvalue weighted by Gasteiger charge is -2.05. The summed E-state index contributed by atoms with van der Waals surface area (Å²) in [4.78, 5) is 18.1. The minimum atomic E-state index is -1.15. The quantitative estimate of drug-likeness (QED) is 0.866. The van der Waals surface area contributed by atoms with E-state index in [1.54, 1.807) is 6.07 Å². The predicted octanol–water partition coefficient (Wildman–Crippen LogP) is 1.75. The summed E-state index contributed by atoms with van der Waals surface area (Å²) in [6.07, 6.45) is 1.40. The van der Waals surface area contributed by atoms with Gasteiger partial charge in [-0.3, -0.25) is 0 Å². The molecule has 5 heteroatoms. The van der Waals surface area contributed by atoms with E-state index in [0.717, 1.165) is 0 Å². The number of para-hydroxylation sites is 1. The Balaban J connectivity index is 2.04. The van der Waals surface area contributed by atoms with Gasteiger partial charge in [-0.25, -0.2) is 14.8 Å². The monoisotopic (exact) mass is 230 g/mol. The van der Waals surface area contributed by atoms with Gasteiger partial charge in [0.25, 0.3) is 0 Å². The Hall–Kier alpha value is -2.43. The van der Waals surface area contributed by atoms with E-state index in [1.807, 2.05) is 30.3 Å². The topological polar surface area (TPSA) is 72.3 Å². The van der Waals surface area contributed by atoms with E-state index in [1.165, 1.54) is 6.20 Å². The molecule has 1 heterocycles. The number of aromatic carboxylic acids is 1. The number of hydrogen-bond acceptors (Lipinski definition) is 4. The minimum absolute atomic E-state index is 0.215. The van der Waals surface area contributed by atoms with E-state index >= 15 is 0 Å². The number of benzene rings is 1. The summed E-state index contributed by atoms with van der Waals surface area (Å²) in [5.41, 5.74) is 0.529. The van der Waals surface area contributed by atoms with Crippen LogP contribution in [0.2, 0.25) is 0 Å². The normalized spacial score (nSPS) is 9.88. The van der Waals surface area contributed by atoms with E-state index in [2.05, 4.69) is 9.97 Å². The van der Waals surface area contributed by atoms with E-state index in [9.17, 15) is 4.79 Å². The van der Waals surface area contributed by atoms with Crippen molar-refractivity contribution < 1.29 is 14.6 Å². The van der Waals surface area contributed by atoms with Crippen molar-refractivity contribution in [1.29, 1.82) is 0 Å². The molecule has 0 aliphatic heterocycles. The second kappa shape index (κ2) is 5.07. The number of rotatable bonds is 4. The van der Waals surface area contributed by atoms with Crippen molar-refractivity contribution in [1.82, 2.24) is 9.97 Å². The highest BCUT2D eigenvalue weighted by molar-refractivity contribution is 5.82. The first-order valence-corrected chi connectivity index (χ1v) is 4.99. The number of ether oxygens (including phenoxy) is 1. The van der Waals surface area contributed by atoms with E-state index in [4.69, 9.17) is 9.84 Å². The number of carboxylic acids is 1. The Bertz CT molecular complexity index is 514. The molecule has 1 aromatic heterocycles. The van der Waals surface area contributed by atoms with Gasteiger partial charge in [-0.2, -0.15) is 0 Å². The van der Waals surface area contributed by atoms with Crippen LogP contribution in [0, 0.1) is 0 Å². The summed E-state index contributed by atoms with van der Waals surface area (Å²) in [5.74, 6) is -0.659. The van der Waals surface area contributed by atoms with Crippen molar-refractivity contribution in [3.8, 4) is 5.75 Å². The molecule has 1 N–H and O–H groups in total. The van der Waals surface area contributed by atoms with Crippen molar-refractivity contribution in [2.75, 3.05) is 0 Å². The molecule has 0 saturated heterocycles. The summed E-state index contributed by atoms with van der Waals surface area (Å²) in [5, 5.41) is 8.73. The fourth-order valence-electron chi connectivity index (χ4n) is 1.25. The van der Waals surface area contributed by atoms with Crippen LogP contribution < -0.4 is 4.74 Å². The molecule has 86 valence electrons. The van der Waals surface area contributed by atoms with Gasteiger partial charge in [-0.1, -0.05) is 18.2 Å². The summed E-state index contributed by atoms with van der Waals surface area (Å²) in [7, 11) is 0. The van der Waals surface area contributed by atoms with Crippen LogP contribution in [-0.4, -0.2) is 21.0 Å². The molecule has 0 amide bonds. The smallest absolute Gasteiger partial charge is 0.373 e. The maximum atomic E-state index is 10.7. The fraction of sp³-hybridized carbons (Fsp3) is 0.0833. The van der Waals surface area contributed by atoms with Crippen LogP contribution >= 0.6 is 0 Å². The van der Waals surface area contributed by atoms with Gasteiger partial charge in [-0.05, 0) is 18.2 Å². The summed E-state index contributed by atoms with van der Waals surface area (Å²) < 4.78 is 5.44. The lowest BCUT2D eigenvalue weighted by Crippen LogP contribution is -2.07. The molecule has 2 aromatic rings. The largest absolute Gasteiger partial charge is 0.487 e. The van der Waals surface area contributed by atoms with Gasteiger partial charge < -0.3 is 9.84 Å². The molecule has 2 rings (SSSR count). The van der Waals surface area contributed by atoms with Gasteiger partial charge in [0.05, 0.1) is 5.69 Å². The molecule has 17 heavy (non-hydrogen) atoms. The molecule has 0 fully saturated rings. The highest BCUT2D eigenvalue weighted by Crippen LogP contribution is 2.10. The molecule has 0 aliphatic carbocycles. The van der Waals surface area contributed by atoms with Crippen LogP contribution in [0.5, 0.6) is 5.75 Å². The van der Waals surface area contributed by atoms with Crippen molar-refractivity contribution in [3.63, 3.8) is 0 Å². The Morgan fingerprint density at radius 3 is 2.71 bits per heavy atom. The molecule has 0 spiro atoms. The van der Waals surface area contributed by atoms with Crippen LogP contribution in [-0.2, 0) is 6.61 Å². The summed E-state index contributed by atoms with van der Waals surface area (Å²) in [6.45, 7) is 0.215.